The topological polar surface area (TPSA) is 84.3 Å². The molecule has 7 heteroatoms. The maximum Gasteiger partial charge on any atom is 0.339 e. The normalized spacial score (nSPS) is 16.2. The van der Waals surface area contributed by atoms with Crippen LogP contribution in [0.3, 0.4) is 0 Å². The van der Waals surface area contributed by atoms with Crippen molar-refractivity contribution in [3.63, 3.8) is 0 Å². The van der Waals surface area contributed by atoms with Crippen molar-refractivity contribution in [1.82, 2.24) is 9.97 Å². The molecule has 0 bridgehead atoms. The van der Waals surface area contributed by atoms with Crippen molar-refractivity contribution in [3.05, 3.63) is 16.3 Å². The molecule has 1 atom stereocenters. The summed E-state index contributed by atoms with van der Waals surface area (Å²) >= 11 is 1.72. The molecular formula is C16H21N3O3S. The predicted molar refractivity (Wildman–Crippen MR) is 89.9 cm³/mol. The highest BCUT2D eigenvalue weighted by molar-refractivity contribution is 7.19. The first kappa shape index (κ1) is 16.1. The Morgan fingerprint density at radius 3 is 2.96 bits per heavy atom. The van der Waals surface area contributed by atoms with Crippen LogP contribution < -0.4 is 5.32 Å². The second-order valence-corrected chi connectivity index (χ2v) is 7.09. The number of hydrogen-bond acceptors (Lipinski definition) is 7. The second-order valence-electron chi connectivity index (χ2n) is 6.00. The number of aliphatic hydroxyl groups is 1. The van der Waals surface area contributed by atoms with Crippen LogP contribution in [-0.4, -0.2) is 39.8 Å². The summed E-state index contributed by atoms with van der Waals surface area (Å²) in [4.78, 5) is 23.2. The molecule has 2 heterocycles. The minimum Gasteiger partial charge on any atom is -0.464 e. The summed E-state index contributed by atoms with van der Waals surface area (Å²) in [6.07, 6.45) is 3.28. The molecule has 0 spiro atoms. The molecule has 0 radical (unpaired) electrons. The van der Waals surface area contributed by atoms with Gasteiger partial charge in [-0.2, -0.15) is 0 Å². The predicted octanol–water partition coefficient (Wildman–Crippen LogP) is 2.21. The number of ether oxygens (including phenoxy) is 1. The molecular weight excluding hydrogens is 314 g/mol. The summed E-state index contributed by atoms with van der Waals surface area (Å²) in [5.41, 5.74) is -0.288. The molecule has 2 aromatic heterocycles. The summed E-state index contributed by atoms with van der Waals surface area (Å²) in [6.45, 7) is 5.29. The van der Waals surface area contributed by atoms with Crippen molar-refractivity contribution in [2.75, 3.05) is 18.5 Å². The third kappa shape index (κ3) is 3.03. The van der Waals surface area contributed by atoms with Gasteiger partial charge in [-0.1, -0.05) is 0 Å². The average Bonchev–Trinajstić information content (AvgIpc) is 3.05. The van der Waals surface area contributed by atoms with E-state index in [4.69, 9.17) is 4.74 Å². The van der Waals surface area contributed by atoms with Gasteiger partial charge in [0.25, 0.3) is 0 Å². The third-order valence-corrected chi connectivity index (χ3v) is 5.18. The van der Waals surface area contributed by atoms with Gasteiger partial charge in [-0.25, -0.2) is 14.8 Å². The molecule has 2 aromatic rings. The lowest BCUT2D eigenvalue weighted by Gasteiger charge is -2.22. The number of carbonyl (C=O) groups is 1. The van der Waals surface area contributed by atoms with Crippen LogP contribution >= 0.6 is 11.3 Å². The number of aryl methyl sites for hydroxylation is 3. The Kier molecular flexibility index (Phi) is 4.25. The first-order valence-electron chi connectivity index (χ1n) is 7.84. The van der Waals surface area contributed by atoms with Gasteiger partial charge in [-0.15, -0.1) is 11.3 Å². The van der Waals surface area contributed by atoms with E-state index in [-0.39, 0.29) is 13.2 Å². The molecule has 6 nitrogen and oxygen atoms in total. The van der Waals surface area contributed by atoms with Crippen LogP contribution in [0.4, 0.5) is 5.82 Å². The van der Waals surface area contributed by atoms with Gasteiger partial charge >= 0.3 is 5.97 Å². The lowest BCUT2D eigenvalue weighted by molar-refractivity contribution is -0.161. The van der Waals surface area contributed by atoms with Crippen molar-refractivity contribution in [2.45, 2.75) is 45.6 Å². The summed E-state index contributed by atoms with van der Waals surface area (Å²) in [6, 6.07) is 0. The quantitative estimate of drug-likeness (QED) is 0.815. The molecule has 124 valence electrons. The first-order valence-corrected chi connectivity index (χ1v) is 8.66. The van der Waals surface area contributed by atoms with E-state index < -0.39 is 11.6 Å². The number of carbonyl (C=O) groups excluding carboxylic acids is 1. The van der Waals surface area contributed by atoms with Gasteiger partial charge < -0.3 is 15.2 Å². The van der Waals surface area contributed by atoms with Crippen LogP contribution in [0.15, 0.2) is 0 Å². The van der Waals surface area contributed by atoms with E-state index >= 15 is 0 Å². The van der Waals surface area contributed by atoms with Gasteiger partial charge in [0, 0.05) is 4.88 Å². The van der Waals surface area contributed by atoms with Crippen molar-refractivity contribution < 1.29 is 14.6 Å². The number of nitrogens with zero attached hydrogens (tertiary/aromatic N) is 2. The van der Waals surface area contributed by atoms with E-state index in [1.165, 1.54) is 17.4 Å². The highest BCUT2D eigenvalue weighted by Crippen LogP contribution is 2.39. The number of nitrogens with one attached hydrogen (secondary N) is 1. The molecule has 0 aromatic carbocycles. The van der Waals surface area contributed by atoms with Gasteiger partial charge in [0.2, 0.25) is 0 Å². The largest absolute Gasteiger partial charge is 0.464 e. The molecule has 0 saturated carbocycles. The fourth-order valence-electron chi connectivity index (χ4n) is 2.84. The molecule has 1 unspecified atom stereocenters. The maximum atomic E-state index is 11.8. The van der Waals surface area contributed by atoms with Gasteiger partial charge in [0.05, 0.1) is 18.5 Å². The summed E-state index contributed by atoms with van der Waals surface area (Å²) < 4.78 is 4.91. The molecule has 0 fully saturated rings. The van der Waals surface area contributed by atoms with Crippen LogP contribution in [0.2, 0.25) is 0 Å². The van der Waals surface area contributed by atoms with Crippen LogP contribution in [0.1, 0.15) is 36.5 Å². The monoisotopic (exact) mass is 335 g/mol. The Hall–Kier alpha value is -1.73. The highest BCUT2D eigenvalue weighted by atomic mass is 32.1. The zero-order valence-corrected chi connectivity index (χ0v) is 14.4. The number of anilines is 1. The molecule has 0 amide bonds. The van der Waals surface area contributed by atoms with Crippen LogP contribution in [-0.2, 0) is 22.4 Å². The number of hydrogen-bond donors (Lipinski definition) is 2. The number of fused-ring (bicyclic) bond motifs is 3. The molecule has 0 saturated heterocycles. The van der Waals surface area contributed by atoms with E-state index in [1.54, 1.807) is 18.3 Å². The first-order chi connectivity index (χ1) is 10.9. The molecule has 0 aliphatic heterocycles. The van der Waals surface area contributed by atoms with Crippen LogP contribution in [0.25, 0.3) is 10.2 Å². The summed E-state index contributed by atoms with van der Waals surface area (Å²) in [7, 11) is 0. The van der Waals surface area contributed by atoms with Crippen LogP contribution in [0, 0.1) is 6.92 Å². The molecule has 3 rings (SSSR count). The Morgan fingerprint density at radius 1 is 1.43 bits per heavy atom. The Labute approximate surface area is 138 Å². The fraction of sp³-hybridized carbons (Fsp3) is 0.562. The Bertz CT molecular complexity index is 755. The van der Waals surface area contributed by atoms with E-state index in [0.717, 1.165) is 29.5 Å². The smallest absolute Gasteiger partial charge is 0.339 e. The molecule has 23 heavy (non-hydrogen) atoms. The zero-order valence-electron chi connectivity index (χ0n) is 13.6. The number of esters is 1. The van der Waals surface area contributed by atoms with Crippen molar-refractivity contribution in [1.29, 1.82) is 0 Å². The molecule has 2 N–H and O–H groups in total. The average molecular weight is 335 g/mol. The Morgan fingerprint density at radius 2 is 2.22 bits per heavy atom. The molecule has 1 aliphatic carbocycles. The van der Waals surface area contributed by atoms with Crippen LogP contribution in [0.5, 0.6) is 0 Å². The van der Waals surface area contributed by atoms with Gasteiger partial charge in [0.15, 0.2) is 5.60 Å². The van der Waals surface area contributed by atoms with E-state index in [2.05, 4.69) is 15.3 Å². The minimum atomic E-state index is -1.60. The van der Waals surface area contributed by atoms with E-state index in [1.807, 2.05) is 6.92 Å². The second kappa shape index (κ2) is 6.05. The fourth-order valence-corrected chi connectivity index (χ4v) is 4.15. The van der Waals surface area contributed by atoms with Crippen molar-refractivity contribution in [3.8, 4) is 0 Å². The third-order valence-electron chi connectivity index (χ3n) is 3.99. The number of thiophene rings is 1. The Balaban J connectivity index is 1.89. The van der Waals surface area contributed by atoms with Gasteiger partial charge in [-0.3, -0.25) is 0 Å². The van der Waals surface area contributed by atoms with Gasteiger partial charge in [-0.05, 0) is 45.6 Å². The summed E-state index contributed by atoms with van der Waals surface area (Å²) in [5, 5.41) is 14.4. The SMILES string of the molecule is CCOC(=O)C(C)(O)CNc1nc(C)nc2sc3c(c12)CCC3. The minimum absolute atomic E-state index is 0.0437. The molecule has 1 aliphatic rings. The van der Waals surface area contributed by atoms with E-state index in [9.17, 15) is 9.90 Å². The standard InChI is InChI=1S/C16H21N3O3S/c1-4-22-15(20)16(3,21)8-17-13-12-10-6-5-7-11(10)23-14(12)19-9(2)18-13/h21H,4-8H2,1-3H3,(H,17,18,19). The number of aromatic nitrogens is 2. The lowest BCUT2D eigenvalue weighted by atomic mass is 10.1. The van der Waals surface area contributed by atoms with E-state index in [0.29, 0.717) is 11.6 Å². The van der Waals surface area contributed by atoms with Crippen molar-refractivity contribution >= 4 is 33.3 Å². The highest BCUT2D eigenvalue weighted by Gasteiger charge is 2.32. The summed E-state index contributed by atoms with van der Waals surface area (Å²) in [5.74, 6) is 0.734. The lowest BCUT2D eigenvalue weighted by Crippen LogP contribution is -2.43. The number of rotatable bonds is 5. The maximum absolute atomic E-state index is 11.8. The van der Waals surface area contributed by atoms with Crippen molar-refractivity contribution in [2.24, 2.45) is 0 Å². The van der Waals surface area contributed by atoms with Gasteiger partial charge in [0.1, 0.15) is 16.5 Å². The zero-order chi connectivity index (χ0) is 16.6.